The molecule has 4 rings (SSSR count). The van der Waals surface area contributed by atoms with Gasteiger partial charge in [0.25, 0.3) is 0 Å². The molecule has 0 saturated heterocycles. The van der Waals surface area contributed by atoms with Crippen molar-refractivity contribution in [1.29, 1.82) is 0 Å². The van der Waals surface area contributed by atoms with Crippen LogP contribution in [0.2, 0.25) is 0 Å². The Bertz CT molecular complexity index is 753. The molecule has 25 heavy (non-hydrogen) atoms. The first kappa shape index (κ1) is 16.9. The predicted octanol–water partition coefficient (Wildman–Crippen LogP) is 6.70. The summed E-state index contributed by atoms with van der Waals surface area (Å²) >= 11 is 0. The maximum absolute atomic E-state index is 14.5. The average molecular weight is 340 g/mol. The normalized spacial score (nSPS) is 29.4. The summed E-state index contributed by atoms with van der Waals surface area (Å²) in [5.74, 6) is 3.81. The van der Waals surface area contributed by atoms with Crippen molar-refractivity contribution in [2.75, 3.05) is 7.11 Å². The number of hydrogen-bond donors (Lipinski definition) is 0. The lowest BCUT2D eigenvalue weighted by Crippen LogP contribution is -2.30. The molecule has 2 aromatic carbocycles. The van der Waals surface area contributed by atoms with E-state index in [0.717, 1.165) is 28.5 Å². The molecule has 2 saturated carbocycles. The van der Waals surface area contributed by atoms with Crippen molar-refractivity contribution in [3.05, 3.63) is 41.7 Å². The largest absolute Gasteiger partial charge is 0.497 e. The van der Waals surface area contributed by atoms with Crippen LogP contribution >= 0.6 is 0 Å². The van der Waals surface area contributed by atoms with Gasteiger partial charge in [-0.05, 0) is 78.9 Å². The Labute approximate surface area is 150 Å². The summed E-state index contributed by atoms with van der Waals surface area (Å²) in [5, 5.41) is 1.66. The second-order valence-corrected chi connectivity index (χ2v) is 8.21. The average Bonchev–Trinajstić information content (AvgIpc) is 2.66. The van der Waals surface area contributed by atoms with Crippen LogP contribution in [0.5, 0.6) is 5.75 Å². The lowest BCUT2D eigenvalue weighted by atomic mass is 9.63. The molecule has 0 aliphatic heterocycles. The molecule has 0 spiro atoms. The van der Waals surface area contributed by atoms with Crippen LogP contribution < -0.4 is 4.74 Å². The lowest BCUT2D eigenvalue weighted by molar-refractivity contribution is 0.116. The van der Waals surface area contributed by atoms with Gasteiger partial charge in [0.05, 0.1) is 7.11 Å². The third-order valence-electron chi connectivity index (χ3n) is 6.91. The number of methoxy groups -OCH3 is 1. The van der Waals surface area contributed by atoms with Gasteiger partial charge >= 0.3 is 0 Å². The molecule has 0 bridgehead atoms. The van der Waals surface area contributed by atoms with E-state index in [-0.39, 0.29) is 5.82 Å². The first-order valence-corrected chi connectivity index (χ1v) is 9.95. The molecule has 2 aliphatic carbocycles. The van der Waals surface area contributed by atoms with Crippen LogP contribution in [0.25, 0.3) is 10.8 Å². The Morgan fingerprint density at radius 2 is 1.80 bits per heavy atom. The van der Waals surface area contributed by atoms with Crippen LogP contribution in [0, 0.1) is 23.6 Å². The van der Waals surface area contributed by atoms with Crippen molar-refractivity contribution in [2.24, 2.45) is 17.8 Å². The third-order valence-corrected chi connectivity index (χ3v) is 6.91. The number of fused-ring (bicyclic) bond motifs is 2. The Hall–Kier alpha value is -1.57. The second kappa shape index (κ2) is 6.97. The molecule has 2 aliphatic rings. The second-order valence-electron chi connectivity index (χ2n) is 8.21. The van der Waals surface area contributed by atoms with Crippen LogP contribution in [0.4, 0.5) is 4.39 Å². The van der Waals surface area contributed by atoms with Gasteiger partial charge in [0.1, 0.15) is 11.6 Å². The summed E-state index contributed by atoms with van der Waals surface area (Å²) < 4.78 is 19.6. The fourth-order valence-electron chi connectivity index (χ4n) is 5.34. The van der Waals surface area contributed by atoms with Crippen molar-refractivity contribution in [2.45, 2.75) is 57.8 Å². The van der Waals surface area contributed by atoms with Crippen molar-refractivity contribution in [3.8, 4) is 5.75 Å². The van der Waals surface area contributed by atoms with Gasteiger partial charge in [-0.15, -0.1) is 0 Å². The van der Waals surface area contributed by atoms with Crippen LogP contribution in [-0.2, 0) is 0 Å². The Morgan fingerprint density at radius 3 is 2.60 bits per heavy atom. The summed E-state index contributed by atoms with van der Waals surface area (Å²) in [6, 6.07) is 9.78. The van der Waals surface area contributed by atoms with Crippen molar-refractivity contribution in [3.63, 3.8) is 0 Å². The van der Waals surface area contributed by atoms with Crippen molar-refractivity contribution >= 4 is 10.8 Å². The minimum Gasteiger partial charge on any atom is -0.497 e. The zero-order valence-corrected chi connectivity index (χ0v) is 15.4. The van der Waals surface area contributed by atoms with E-state index in [9.17, 15) is 4.39 Å². The summed E-state index contributed by atoms with van der Waals surface area (Å²) in [6.07, 6.45) is 9.52. The summed E-state index contributed by atoms with van der Waals surface area (Å²) in [6.45, 7) is 2.34. The predicted molar refractivity (Wildman–Crippen MR) is 102 cm³/mol. The van der Waals surface area contributed by atoms with Gasteiger partial charge in [0.2, 0.25) is 0 Å². The lowest BCUT2D eigenvalue weighted by Gasteiger charge is -2.42. The molecule has 0 radical (unpaired) electrons. The number of ether oxygens (including phenoxy) is 1. The molecule has 134 valence electrons. The monoisotopic (exact) mass is 340 g/mol. The zero-order valence-electron chi connectivity index (χ0n) is 15.4. The summed E-state index contributed by atoms with van der Waals surface area (Å²) in [7, 11) is 1.58. The highest BCUT2D eigenvalue weighted by molar-refractivity contribution is 5.85. The van der Waals surface area contributed by atoms with E-state index < -0.39 is 0 Å². The minimum absolute atomic E-state index is 0.173. The van der Waals surface area contributed by atoms with Gasteiger partial charge < -0.3 is 4.74 Å². The highest BCUT2D eigenvalue weighted by atomic mass is 19.1. The molecule has 2 aromatic rings. The smallest absolute Gasteiger partial charge is 0.134 e. The van der Waals surface area contributed by atoms with Gasteiger partial charge in [-0.3, -0.25) is 0 Å². The fraction of sp³-hybridized carbons (Fsp3) is 0.565. The van der Waals surface area contributed by atoms with Crippen molar-refractivity contribution < 1.29 is 9.13 Å². The zero-order chi connectivity index (χ0) is 17.4. The first-order valence-electron chi connectivity index (χ1n) is 9.95. The molecule has 2 fully saturated rings. The molecule has 0 heterocycles. The maximum atomic E-state index is 14.5. The molecule has 0 N–H and O–H groups in total. The van der Waals surface area contributed by atoms with E-state index in [1.807, 2.05) is 6.07 Å². The van der Waals surface area contributed by atoms with Crippen LogP contribution in [0.3, 0.4) is 0 Å². The van der Waals surface area contributed by atoms with Gasteiger partial charge in [-0.1, -0.05) is 31.9 Å². The van der Waals surface area contributed by atoms with Crippen molar-refractivity contribution in [1.82, 2.24) is 0 Å². The Balaban J connectivity index is 1.55. The first-order chi connectivity index (χ1) is 12.2. The van der Waals surface area contributed by atoms with Gasteiger partial charge in [0, 0.05) is 11.5 Å². The number of benzene rings is 2. The SMILES string of the molecule is CCC1CCC2C[C@H](c3ccc4cc(OC)cc(F)c4c3)CC[C@@H]2C1. The standard InChI is InChI=1S/C23H29FO/c1-3-15-4-5-17-11-18(7-6-16(17)10-15)19-8-9-20-12-21(25-2)14-23(24)22(20)13-19/h8-9,12-18H,3-7,10-11H2,1-2H3/t15?,16-,17?,18-/m1/s1. The van der Waals surface area contributed by atoms with Crippen LogP contribution in [-0.4, -0.2) is 7.11 Å². The molecular weight excluding hydrogens is 311 g/mol. The van der Waals surface area contributed by atoms with E-state index >= 15 is 0 Å². The quantitative estimate of drug-likeness (QED) is 0.604. The van der Waals surface area contributed by atoms with E-state index in [1.54, 1.807) is 7.11 Å². The topological polar surface area (TPSA) is 9.23 Å². The van der Waals surface area contributed by atoms with Gasteiger partial charge in [0.15, 0.2) is 0 Å². The van der Waals surface area contributed by atoms with Gasteiger partial charge in [-0.2, -0.15) is 0 Å². The molecule has 4 atom stereocenters. The van der Waals surface area contributed by atoms with Crippen LogP contribution in [0.1, 0.15) is 63.4 Å². The summed E-state index contributed by atoms with van der Waals surface area (Å²) in [4.78, 5) is 0. The highest BCUT2D eigenvalue weighted by Gasteiger charge is 2.35. The molecule has 0 aromatic heterocycles. The van der Waals surface area contributed by atoms with E-state index in [0.29, 0.717) is 11.7 Å². The molecular formula is C23H29FO. The number of hydrogen-bond acceptors (Lipinski definition) is 1. The fourth-order valence-corrected chi connectivity index (χ4v) is 5.34. The number of halogens is 1. The number of rotatable bonds is 3. The van der Waals surface area contributed by atoms with E-state index in [1.165, 1.54) is 56.6 Å². The van der Waals surface area contributed by atoms with E-state index in [2.05, 4.69) is 25.1 Å². The third kappa shape index (κ3) is 3.28. The summed E-state index contributed by atoms with van der Waals surface area (Å²) in [5.41, 5.74) is 1.33. The Kier molecular flexibility index (Phi) is 4.71. The van der Waals surface area contributed by atoms with Crippen LogP contribution in [0.15, 0.2) is 30.3 Å². The molecule has 1 nitrogen and oxygen atoms in total. The molecule has 2 heteroatoms. The highest BCUT2D eigenvalue weighted by Crippen LogP contribution is 2.48. The maximum Gasteiger partial charge on any atom is 0.134 e. The Morgan fingerprint density at radius 1 is 1.00 bits per heavy atom. The minimum atomic E-state index is -0.173. The molecule has 0 amide bonds. The van der Waals surface area contributed by atoms with E-state index in [4.69, 9.17) is 4.74 Å². The van der Waals surface area contributed by atoms with Gasteiger partial charge in [-0.25, -0.2) is 4.39 Å². The molecule has 2 unspecified atom stereocenters.